The highest BCUT2D eigenvalue weighted by atomic mass is 35.5. The maximum atomic E-state index is 10.6. The second-order valence-corrected chi connectivity index (χ2v) is 5.62. The van der Waals surface area contributed by atoms with Crippen LogP contribution in [-0.4, -0.2) is 11.1 Å². The van der Waals surface area contributed by atoms with Gasteiger partial charge in [-0.2, -0.15) is 0 Å². The molecule has 0 saturated carbocycles. The predicted octanol–water partition coefficient (Wildman–Crippen LogP) is 4.05. The Morgan fingerprint density at radius 2 is 1.82 bits per heavy atom. The summed E-state index contributed by atoms with van der Waals surface area (Å²) >= 11 is 11.8. The van der Waals surface area contributed by atoms with Crippen molar-refractivity contribution in [3.05, 3.63) is 63.6 Å². The van der Waals surface area contributed by atoms with Crippen molar-refractivity contribution in [3.63, 3.8) is 0 Å². The van der Waals surface area contributed by atoms with E-state index in [1.165, 1.54) is 0 Å². The number of ether oxygens (including phenoxy) is 1. The average Bonchev–Trinajstić information content (AvgIpc) is 2.48. The number of hydrogen-bond acceptors (Lipinski definition) is 3. The monoisotopic (exact) mass is 339 g/mol. The minimum atomic E-state index is -0.924. The van der Waals surface area contributed by atoms with E-state index in [1.807, 2.05) is 6.07 Å². The molecular formula is C16H15Cl2NO3. The molecule has 0 heterocycles. The van der Waals surface area contributed by atoms with E-state index in [-0.39, 0.29) is 6.42 Å². The first kappa shape index (κ1) is 16.6. The van der Waals surface area contributed by atoms with Crippen molar-refractivity contribution in [2.45, 2.75) is 19.1 Å². The van der Waals surface area contributed by atoms with Crippen LogP contribution in [0.15, 0.2) is 42.5 Å². The van der Waals surface area contributed by atoms with Crippen LogP contribution in [0.1, 0.15) is 23.6 Å². The summed E-state index contributed by atoms with van der Waals surface area (Å²) in [4.78, 5) is 10.6. The van der Waals surface area contributed by atoms with Crippen LogP contribution in [0.25, 0.3) is 0 Å². The lowest BCUT2D eigenvalue weighted by Gasteiger charge is -2.11. The number of carboxylic acids is 1. The molecule has 22 heavy (non-hydrogen) atoms. The van der Waals surface area contributed by atoms with E-state index >= 15 is 0 Å². The van der Waals surface area contributed by atoms with Gasteiger partial charge in [-0.1, -0.05) is 41.4 Å². The smallest absolute Gasteiger partial charge is 0.305 e. The lowest BCUT2D eigenvalue weighted by Crippen LogP contribution is -2.14. The molecule has 0 aromatic heterocycles. The summed E-state index contributed by atoms with van der Waals surface area (Å²) in [6.45, 7) is 0.359. The molecule has 0 aliphatic carbocycles. The fourth-order valence-electron chi connectivity index (χ4n) is 1.91. The number of hydrogen-bond donors (Lipinski definition) is 2. The van der Waals surface area contributed by atoms with Gasteiger partial charge in [-0.05, 0) is 35.4 Å². The van der Waals surface area contributed by atoms with Crippen LogP contribution in [-0.2, 0) is 11.4 Å². The molecule has 0 spiro atoms. The molecule has 0 fully saturated rings. The zero-order valence-corrected chi connectivity index (χ0v) is 13.1. The lowest BCUT2D eigenvalue weighted by molar-refractivity contribution is -0.137. The number of rotatable bonds is 6. The molecule has 0 aliphatic heterocycles. The van der Waals surface area contributed by atoms with Gasteiger partial charge >= 0.3 is 5.97 Å². The number of benzene rings is 2. The van der Waals surface area contributed by atoms with Crippen LogP contribution in [0.3, 0.4) is 0 Å². The second kappa shape index (κ2) is 7.49. The van der Waals surface area contributed by atoms with Gasteiger partial charge < -0.3 is 15.6 Å². The maximum absolute atomic E-state index is 10.6. The summed E-state index contributed by atoms with van der Waals surface area (Å²) in [6, 6.07) is 11.8. The molecule has 1 atom stereocenters. The molecule has 6 heteroatoms. The van der Waals surface area contributed by atoms with Gasteiger partial charge in [-0.25, -0.2) is 0 Å². The predicted molar refractivity (Wildman–Crippen MR) is 86.4 cm³/mol. The van der Waals surface area contributed by atoms with E-state index in [9.17, 15) is 4.79 Å². The van der Waals surface area contributed by atoms with Crippen molar-refractivity contribution in [1.82, 2.24) is 0 Å². The van der Waals surface area contributed by atoms with Crippen LogP contribution in [0, 0.1) is 0 Å². The van der Waals surface area contributed by atoms with Gasteiger partial charge in [-0.15, -0.1) is 0 Å². The summed E-state index contributed by atoms with van der Waals surface area (Å²) in [6.07, 6.45) is -0.108. The Bertz CT molecular complexity index is 659. The van der Waals surface area contributed by atoms with Crippen LogP contribution in [0.4, 0.5) is 0 Å². The highest BCUT2D eigenvalue weighted by Gasteiger charge is 2.10. The highest BCUT2D eigenvalue weighted by Crippen LogP contribution is 2.24. The topological polar surface area (TPSA) is 72.6 Å². The van der Waals surface area contributed by atoms with E-state index in [2.05, 4.69) is 0 Å². The van der Waals surface area contributed by atoms with Gasteiger partial charge in [0.25, 0.3) is 0 Å². The number of carbonyl (C=O) groups is 1. The Hall–Kier alpha value is -1.75. The van der Waals surface area contributed by atoms with Gasteiger partial charge in [0.05, 0.1) is 16.5 Å². The zero-order chi connectivity index (χ0) is 16.1. The van der Waals surface area contributed by atoms with Crippen molar-refractivity contribution < 1.29 is 14.6 Å². The van der Waals surface area contributed by atoms with Crippen molar-refractivity contribution in [1.29, 1.82) is 0 Å². The molecule has 4 nitrogen and oxygen atoms in total. The minimum Gasteiger partial charge on any atom is -0.489 e. The molecular weight excluding hydrogens is 325 g/mol. The Morgan fingerprint density at radius 3 is 2.41 bits per heavy atom. The molecule has 1 unspecified atom stereocenters. The first-order valence-corrected chi connectivity index (χ1v) is 7.35. The molecule has 0 aliphatic rings. The van der Waals surface area contributed by atoms with Crippen molar-refractivity contribution in [2.24, 2.45) is 5.73 Å². The SMILES string of the molecule is NC(CC(=O)O)c1ccc(OCc2ccc(Cl)c(Cl)c2)cc1. The Kier molecular flexibility index (Phi) is 5.66. The largest absolute Gasteiger partial charge is 0.489 e. The Balaban J connectivity index is 1.96. The maximum Gasteiger partial charge on any atom is 0.305 e. The Labute approximate surface area is 138 Å². The first-order chi connectivity index (χ1) is 10.5. The third-order valence-corrected chi connectivity index (χ3v) is 3.83. The van der Waals surface area contributed by atoms with Gasteiger partial charge in [0, 0.05) is 6.04 Å². The van der Waals surface area contributed by atoms with Crippen LogP contribution in [0.5, 0.6) is 5.75 Å². The van der Waals surface area contributed by atoms with Crippen molar-refractivity contribution in [2.75, 3.05) is 0 Å². The third-order valence-electron chi connectivity index (χ3n) is 3.09. The molecule has 3 N–H and O–H groups in total. The van der Waals surface area contributed by atoms with E-state index in [0.29, 0.717) is 22.4 Å². The van der Waals surface area contributed by atoms with Crippen LogP contribution in [0.2, 0.25) is 10.0 Å². The molecule has 2 rings (SSSR count). The third kappa shape index (κ3) is 4.63. The quantitative estimate of drug-likeness (QED) is 0.832. The molecule has 0 radical (unpaired) electrons. The van der Waals surface area contributed by atoms with Gasteiger partial charge in [0.2, 0.25) is 0 Å². The van der Waals surface area contributed by atoms with Crippen molar-refractivity contribution >= 4 is 29.2 Å². The van der Waals surface area contributed by atoms with Gasteiger partial charge in [0.1, 0.15) is 12.4 Å². The standard InChI is InChI=1S/C16H15Cl2NO3/c17-13-6-1-10(7-14(13)18)9-22-12-4-2-11(3-5-12)15(19)8-16(20)21/h1-7,15H,8-9,19H2,(H,20,21). The average molecular weight is 340 g/mol. The van der Waals surface area contributed by atoms with E-state index < -0.39 is 12.0 Å². The zero-order valence-electron chi connectivity index (χ0n) is 11.6. The van der Waals surface area contributed by atoms with E-state index in [0.717, 1.165) is 11.1 Å². The number of nitrogens with two attached hydrogens (primary N) is 1. The van der Waals surface area contributed by atoms with E-state index in [1.54, 1.807) is 36.4 Å². The first-order valence-electron chi connectivity index (χ1n) is 6.60. The van der Waals surface area contributed by atoms with Crippen molar-refractivity contribution in [3.8, 4) is 5.75 Å². The second-order valence-electron chi connectivity index (χ2n) is 4.81. The fourth-order valence-corrected chi connectivity index (χ4v) is 2.23. The summed E-state index contributed by atoms with van der Waals surface area (Å²) in [5.74, 6) is -0.259. The Morgan fingerprint density at radius 1 is 1.14 bits per heavy atom. The molecule has 2 aromatic carbocycles. The minimum absolute atomic E-state index is 0.108. The lowest BCUT2D eigenvalue weighted by atomic mass is 10.0. The number of carboxylic acid groups (broad SMARTS) is 1. The summed E-state index contributed by atoms with van der Waals surface area (Å²) in [5, 5.41) is 9.71. The van der Waals surface area contributed by atoms with Gasteiger partial charge in [0.15, 0.2) is 0 Å². The van der Waals surface area contributed by atoms with Crippen LogP contribution < -0.4 is 10.5 Å². The van der Waals surface area contributed by atoms with Crippen LogP contribution >= 0.6 is 23.2 Å². The highest BCUT2D eigenvalue weighted by molar-refractivity contribution is 6.42. The summed E-state index contributed by atoms with van der Waals surface area (Å²) < 4.78 is 5.64. The van der Waals surface area contributed by atoms with Gasteiger partial charge in [-0.3, -0.25) is 4.79 Å². The molecule has 0 saturated heterocycles. The summed E-state index contributed by atoms with van der Waals surface area (Å²) in [7, 11) is 0. The molecule has 0 amide bonds. The molecule has 116 valence electrons. The fraction of sp³-hybridized carbons (Fsp3) is 0.188. The molecule has 0 bridgehead atoms. The van der Waals surface area contributed by atoms with E-state index in [4.69, 9.17) is 38.8 Å². The molecule has 2 aromatic rings. The normalized spacial score (nSPS) is 12.0. The summed E-state index contributed by atoms with van der Waals surface area (Å²) in [5.41, 5.74) is 7.45. The number of aliphatic carboxylic acids is 1. The number of halogens is 2.